The maximum Gasteiger partial charge on any atom is 0.326 e. The number of carboxylic acids is 1. The highest BCUT2D eigenvalue weighted by Gasteiger charge is 2.22. The Kier molecular flexibility index (Phi) is 4.98. The molecule has 0 spiro atoms. The molecule has 1 amide bonds. The number of hydrogen-bond acceptors (Lipinski definition) is 3. The normalized spacial score (nSPS) is 18.4. The van der Waals surface area contributed by atoms with Crippen LogP contribution in [-0.2, 0) is 16.0 Å². The molecule has 112 valence electrons. The molecule has 3 N–H and O–H groups in total. The molecule has 2 atom stereocenters. The molecule has 0 fully saturated rings. The lowest BCUT2D eigenvalue weighted by atomic mass is 10.0. The van der Waals surface area contributed by atoms with Crippen molar-refractivity contribution >= 4 is 11.9 Å². The molecule has 0 radical (unpaired) electrons. The van der Waals surface area contributed by atoms with Crippen LogP contribution in [0.15, 0.2) is 36.4 Å². The molecular weight excluding hydrogens is 270 g/mol. The minimum absolute atomic E-state index is 0.127. The van der Waals surface area contributed by atoms with Crippen molar-refractivity contribution in [2.24, 2.45) is 5.92 Å². The van der Waals surface area contributed by atoms with Gasteiger partial charge in [-0.25, -0.2) is 4.79 Å². The van der Waals surface area contributed by atoms with Gasteiger partial charge in [0.1, 0.15) is 11.8 Å². The lowest BCUT2D eigenvalue weighted by Crippen LogP contribution is -2.42. The highest BCUT2D eigenvalue weighted by Crippen LogP contribution is 2.20. The fourth-order valence-corrected chi connectivity index (χ4v) is 2.42. The first-order valence-corrected chi connectivity index (χ1v) is 7.01. The second-order valence-corrected chi connectivity index (χ2v) is 5.30. The van der Waals surface area contributed by atoms with Gasteiger partial charge in [0.15, 0.2) is 0 Å². The van der Waals surface area contributed by atoms with Crippen LogP contribution in [0.25, 0.3) is 0 Å². The Labute approximate surface area is 123 Å². The van der Waals surface area contributed by atoms with Crippen LogP contribution in [0.2, 0.25) is 0 Å². The Balaban J connectivity index is 1.92. The van der Waals surface area contributed by atoms with Gasteiger partial charge in [-0.3, -0.25) is 4.79 Å². The first-order chi connectivity index (χ1) is 10.0. The van der Waals surface area contributed by atoms with E-state index in [1.807, 2.05) is 12.2 Å². The lowest BCUT2D eigenvalue weighted by molar-refractivity contribution is -0.141. The summed E-state index contributed by atoms with van der Waals surface area (Å²) in [4.78, 5) is 23.2. The van der Waals surface area contributed by atoms with E-state index in [1.165, 1.54) is 12.1 Å². The second-order valence-electron chi connectivity index (χ2n) is 5.30. The highest BCUT2D eigenvalue weighted by atomic mass is 16.4. The minimum Gasteiger partial charge on any atom is -0.508 e. The summed E-state index contributed by atoms with van der Waals surface area (Å²) in [6, 6.07) is 5.35. The number of allylic oxidation sites excluding steroid dienone is 2. The van der Waals surface area contributed by atoms with Gasteiger partial charge in [-0.05, 0) is 36.5 Å². The molecule has 1 aliphatic carbocycles. The summed E-state index contributed by atoms with van der Waals surface area (Å²) in [6.45, 7) is 0. The summed E-state index contributed by atoms with van der Waals surface area (Å²) in [5.74, 6) is -0.952. The van der Waals surface area contributed by atoms with Gasteiger partial charge in [0.25, 0.3) is 0 Å². The highest BCUT2D eigenvalue weighted by molar-refractivity contribution is 5.84. The molecule has 1 aromatic carbocycles. The van der Waals surface area contributed by atoms with E-state index in [0.717, 1.165) is 18.4 Å². The molecular formula is C16H19NO4. The molecule has 1 unspecified atom stereocenters. The van der Waals surface area contributed by atoms with Crippen LogP contribution in [0.4, 0.5) is 0 Å². The quantitative estimate of drug-likeness (QED) is 0.698. The van der Waals surface area contributed by atoms with E-state index >= 15 is 0 Å². The van der Waals surface area contributed by atoms with Crippen LogP contribution in [0.1, 0.15) is 24.8 Å². The van der Waals surface area contributed by atoms with Crippen LogP contribution < -0.4 is 5.32 Å². The van der Waals surface area contributed by atoms with E-state index in [-0.39, 0.29) is 24.0 Å². The fraction of sp³-hybridized carbons (Fsp3) is 0.375. The zero-order valence-corrected chi connectivity index (χ0v) is 11.7. The van der Waals surface area contributed by atoms with E-state index in [1.54, 1.807) is 12.1 Å². The van der Waals surface area contributed by atoms with Gasteiger partial charge >= 0.3 is 5.97 Å². The molecule has 1 aromatic rings. The maximum atomic E-state index is 11.9. The van der Waals surface area contributed by atoms with Crippen LogP contribution in [0, 0.1) is 5.92 Å². The monoisotopic (exact) mass is 289 g/mol. The van der Waals surface area contributed by atoms with Crippen molar-refractivity contribution in [1.82, 2.24) is 5.32 Å². The van der Waals surface area contributed by atoms with Crippen LogP contribution in [-0.4, -0.2) is 28.1 Å². The van der Waals surface area contributed by atoms with Gasteiger partial charge in [0, 0.05) is 12.8 Å². The number of phenols is 1. The second kappa shape index (κ2) is 6.92. The molecule has 5 nitrogen and oxygen atoms in total. The number of rotatable bonds is 6. The molecule has 0 aliphatic heterocycles. The molecule has 1 aliphatic rings. The minimum atomic E-state index is -1.06. The molecule has 0 bridgehead atoms. The number of carboxylic acid groups (broad SMARTS) is 1. The van der Waals surface area contributed by atoms with Crippen molar-refractivity contribution in [2.45, 2.75) is 31.7 Å². The van der Waals surface area contributed by atoms with Crippen molar-refractivity contribution in [2.75, 3.05) is 0 Å². The fourth-order valence-electron chi connectivity index (χ4n) is 2.42. The summed E-state index contributed by atoms with van der Waals surface area (Å²) in [5.41, 5.74) is 0.751. The number of phenolic OH excluding ortho intramolecular Hbond substituents is 1. The topological polar surface area (TPSA) is 86.6 Å². The van der Waals surface area contributed by atoms with Gasteiger partial charge in [-0.2, -0.15) is 0 Å². The summed E-state index contributed by atoms with van der Waals surface area (Å²) < 4.78 is 0. The largest absolute Gasteiger partial charge is 0.508 e. The lowest BCUT2D eigenvalue weighted by Gasteiger charge is -2.16. The SMILES string of the molecule is O=C(CC1C=CCC1)N[C@@H](Cc1ccc(O)cc1)C(=O)O. The van der Waals surface area contributed by atoms with E-state index in [0.29, 0.717) is 6.42 Å². The number of carbonyl (C=O) groups is 2. The Bertz CT molecular complexity index is 536. The summed E-state index contributed by atoms with van der Waals surface area (Å²) in [7, 11) is 0. The van der Waals surface area contributed by atoms with E-state index in [9.17, 15) is 19.8 Å². The average Bonchev–Trinajstić information content (AvgIpc) is 2.93. The van der Waals surface area contributed by atoms with Gasteiger partial charge in [0.2, 0.25) is 5.91 Å². The molecule has 0 aromatic heterocycles. The van der Waals surface area contributed by atoms with E-state index < -0.39 is 12.0 Å². The summed E-state index contributed by atoms with van der Waals surface area (Å²) in [5, 5.41) is 21.0. The van der Waals surface area contributed by atoms with E-state index in [4.69, 9.17) is 0 Å². The molecule has 0 saturated carbocycles. The van der Waals surface area contributed by atoms with Crippen molar-refractivity contribution in [3.63, 3.8) is 0 Å². The Morgan fingerprint density at radius 3 is 2.57 bits per heavy atom. The van der Waals surface area contributed by atoms with Gasteiger partial charge in [0.05, 0.1) is 0 Å². The number of amides is 1. The first kappa shape index (κ1) is 15.1. The molecule has 0 saturated heterocycles. The number of aliphatic carboxylic acids is 1. The Morgan fingerprint density at radius 2 is 2.00 bits per heavy atom. The van der Waals surface area contributed by atoms with Gasteiger partial charge < -0.3 is 15.5 Å². The third kappa shape index (κ3) is 4.63. The number of nitrogens with one attached hydrogen (secondary N) is 1. The van der Waals surface area contributed by atoms with Crippen LogP contribution in [0.5, 0.6) is 5.75 Å². The number of carbonyl (C=O) groups excluding carboxylic acids is 1. The third-order valence-electron chi connectivity index (χ3n) is 3.57. The number of hydrogen-bond donors (Lipinski definition) is 3. The van der Waals surface area contributed by atoms with E-state index in [2.05, 4.69) is 5.32 Å². The number of aromatic hydroxyl groups is 1. The standard InChI is InChI=1S/C16H19NO4/c18-13-7-5-12(6-8-13)9-14(16(20)21)17-15(19)10-11-3-1-2-4-11/h1,3,5-8,11,14,18H,2,4,9-10H2,(H,17,19)(H,20,21)/t11?,14-/m0/s1. The molecule has 0 heterocycles. The zero-order chi connectivity index (χ0) is 15.2. The van der Waals surface area contributed by atoms with Crippen molar-refractivity contribution in [3.05, 3.63) is 42.0 Å². The molecule has 21 heavy (non-hydrogen) atoms. The first-order valence-electron chi connectivity index (χ1n) is 7.01. The smallest absolute Gasteiger partial charge is 0.326 e. The molecule has 2 rings (SSSR count). The van der Waals surface area contributed by atoms with Gasteiger partial charge in [-0.15, -0.1) is 0 Å². The molecule has 5 heteroatoms. The Morgan fingerprint density at radius 1 is 1.29 bits per heavy atom. The third-order valence-corrected chi connectivity index (χ3v) is 3.57. The zero-order valence-electron chi connectivity index (χ0n) is 11.7. The van der Waals surface area contributed by atoms with Gasteiger partial charge in [-0.1, -0.05) is 24.3 Å². The predicted octanol–water partition coefficient (Wildman–Crippen LogP) is 1.86. The summed E-state index contributed by atoms with van der Waals surface area (Å²) in [6.07, 6.45) is 6.51. The maximum absolute atomic E-state index is 11.9. The summed E-state index contributed by atoms with van der Waals surface area (Å²) >= 11 is 0. The van der Waals surface area contributed by atoms with Crippen molar-refractivity contribution in [1.29, 1.82) is 0 Å². The van der Waals surface area contributed by atoms with Crippen LogP contribution >= 0.6 is 0 Å². The Hall–Kier alpha value is -2.30. The average molecular weight is 289 g/mol. The van der Waals surface area contributed by atoms with Crippen molar-refractivity contribution in [3.8, 4) is 5.75 Å². The predicted molar refractivity (Wildman–Crippen MR) is 77.9 cm³/mol. The van der Waals surface area contributed by atoms with Crippen molar-refractivity contribution < 1.29 is 19.8 Å². The van der Waals surface area contributed by atoms with Crippen LogP contribution in [0.3, 0.4) is 0 Å². The number of benzene rings is 1.